The van der Waals surface area contributed by atoms with Crippen LogP contribution in [0, 0.1) is 0 Å². The van der Waals surface area contributed by atoms with Crippen LogP contribution in [0.3, 0.4) is 0 Å². The van der Waals surface area contributed by atoms with E-state index in [0.717, 1.165) is 25.7 Å². The van der Waals surface area contributed by atoms with E-state index in [9.17, 15) is 10.0 Å². The van der Waals surface area contributed by atoms with Crippen LogP contribution in [0.15, 0.2) is 115 Å². The van der Waals surface area contributed by atoms with Crippen molar-refractivity contribution in [2.75, 3.05) is 56.4 Å². The van der Waals surface area contributed by atoms with Gasteiger partial charge in [-0.2, -0.15) is 0 Å². The topological polar surface area (TPSA) is 46.1 Å². The Morgan fingerprint density at radius 3 is 1.16 bits per heavy atom. The molecule has 38 heavy (non-hydrogen) atoms. The summed E-state index contributed by atoms with van der Waals surface area (Å²) in [7, 11) is 14.9. The van der Waals surface area contributed by atoms with Crippen molar-refractivity contribution in [3.05, 3.63) is 132 Å². The SMILES string of the molecule is C[N+](C)(C)C.C[N+](C)(C)C.[O-]B([O-])C(c1ccccc1)(c1ccccc1)c1ccccc1-c1ccccc1. The van der Waals surface area contributed by atoms with E-state index in [0.29, 0.717) is 11.1 Å². The van der Waals surface area contributed by atoms with Crippen molar-refractivity contribution in [2.45, 2.75) is 5.31 Å². The molecule has 4 aromatic rings. The first-order valence-corrected chi connectivity index (χ1v) is 12.9. The van der Waals surface area contributed by atoms with Crippen molar-refractivity contribution in [3.8, 4) is 11.1 Å². The molecule has 0 aromatic heterocycles. The van der Waals surface area contributed by atoms with Crippen LogP contribution in [0.2, 0.25) is 0 Å². The molecule has 0 radical (unpaired) electrons. The van der Waals surface area contributed by atoms with Gasteiger partial charge in [-0.05, 0) is 33.1 Å². The Balaban J connectivity index is 0.000000435. The summed E-state index contributed by atoms with van der Waals surface area (Å²) < 4.78 is 2.00. The fourth-order valence-electron chi connectivity index (χ4n) is 3.98. The van der Waals surface area contributed by atoms with Gasteiger partial charge in [-0.1, -0.05) is 122 Å². The zero-order valence-electron chi connectivity index (χ0n) is 24.3. The fraction of sp³-hybridized carbons (Fsp3) is 0.273. The number of quaternary nitrogens is 2. The van der Waals surface area contributed by atoms with E-state index in [1.807, 2.05) is 115 Å². The molecule has 4 rings (SSSR count). The van der Waals surface area contributed by atoms with E-state index < -0.39 is 12.4 Å². The van der Waals surface area contributed by atoms with Crippen LogP contribution in [0.1, 0.15) is 16.7 Å². The van der Waals surface area contributed by atoms with Gasteiger partial charge in [0.1, 0.15) is 0 Å². The van der Waals surface area contributed by atoms with Crippen molar-refractivity contribution >= 4 is 7.12 Å². The number of hydrogen-bond acceptors (Lipinski definition) is 2. The summed E-state index contributed by atoms with van der Waals surface area (Å²) in [6.45, 7) is 0. The van der Waals surface area contributed by atoms with Crippen molar-refractivity contribution in [1.29, 1.82) is 0 Å². The molecule has 4 nitrogen and oxygen atoms in total. The number of nitrogens with zero attached hydrogens (tertiary/aromatic N) is 2. The van der Waals surface area contributed by atoms with E-state index in [-0.39, 0.29) is 0 Å². The molecule has 0 heterocycles. The van der Waals surface area contributed by atoms with Gasteiger partial charge in [0.05, 0.1) is 56.4 Å². The maximum atomic E-state index is 13.0. The molecule has 5 heteroatoms. The average Bonchev–Trinajstić information content (AvgIpc) is 2.85. The van der Waals surface area contributed by atoms with Gasteiger partial charge in [-0.15, -0.1) is 0 Å². The van der Waals surface area contributed by atoms with Gasteiger partial charge in [0.15, 0.2) is 0 Å². The van der Waals surface area contributed by atoms with Gasteiger partial charge < -0.3 is 19.0 Å². The lowest BCUT2D eigenvalue weighted by Gasteiger charge is -2.51. The highest BCUT2D eigenvalue weighted by Gasteiger charge is 2.35. The van der Waals surface area contributed by atoms with Crippen molar-refractivity contribution in [1.82, 2.24) is 0 Å². The van der Waals surface area contributed by atoms with Gasteiger partial charge in [-0.3, -0.25) is 0 Å². The maximum absolute atomic E-state index is 13.0. The molecule has 0 fully saturated rings. The second-order valence-electron chi connectivity index (χ2n) is 12.2. The third kappa shape index (κ3) is 9.27. The van der Waals surface area contributed by atoms with Gasteiger partial charge in [0, 0.05) is 0 Å². The first kappa shape index (κ1) is 31.0. The van der Waals surface area contributed by atoms with Crippen molar-refractivity contribution in [3.63, 3.8) is 0 Å². The molecule has 0 aliphatic rings. The van der Waals surface area contributed by atoms with Crippen LogP contribution in [-0.2, 0) is 5.31 Å². The van der Waals surface area contributed by atoms with E-state index in [2.05, 4.69) is 56.4 Å². The number of rotatable bonds is 5. The quantitative estimate of drug-likeness (QED) is 0.231. The molecule has 0 atom stereocenters. The lowest BCUT2D eigenvalue weighted by molar-refractivity contribution is -0.849. The van der Waals surface area contributed by atoms with Crippen LogP contribution < -0.4 is 10.0 Å². The molecule has 4 aromatic carbocycles. The van der Waals surface area contributed by atoms with Crippen LogP contribution in [0.25, 0.3) is 11.1 Å². The Morgan fingerprint density at radius 2 is 0.789 bits per heavy atom. The molecular formula is C33H43BN2O2. The summed E-state index contributed by atoms with van der Waals surface area (Å²) in [5.41, 5.74) is 4.02. The summed E-state index contributed by atoms with van der Waals surface area (Å²) in [5, 5.41) is 24.6. The molecule has 0 aliphatic carbocycles. The van der Waals surface area contributed by atoms with Gasteiger partial charge >= 0.3 is 0 Å². The first-order chi connectivity index (χ1) is 17.7. The zero-order chi connectivity index (χ0) is 28.4. The number of hydrogen-bond donors (Lipinski definition) is 0. The monoisotopic (exact) mass is 510 g/mol. The highest BCUT2D eigenvalue weighted by atomic mass is 16.4. The van der Waals surface area contributed by atoms with Crippen LogP contribution >= 0.6 is 0 Å². The smallest absolute Gasteiger partial charge is 0.0675 e. The van der Waals surface area contributed by atoms with Gasteiger partial charge in [-0.25, -0.2) is 0 Å². The average molecular weight is 511 g/mol. The molecule has 0 saturated heterocycles. The molecule has 0 amide bonds. The molecule has 0 spiro atoms. The minimum Gasteiger partial charge on any atom is -0.892 e. The third-order valence-electron chi connectivity index (χ3n) is 5.25. The van der Waals surface area contributed by atoms with Crippen molar-refractivity contribution < 1.29 is 19.0 Å². The summed E-state index contributed by atoms with van der Waals surface area (Å²) in [6, 6.07) is 36.4. The predicted molar refractivity (Wildman–Crippen MR) is 158 cm³/mol. The Morgan fingerprint density at radius 1 is 0.474 bits per heavy atom. The Labute approximate surface area is 230 Å². The van der Waals surface area contributed by atoms with Crippen molar-refractivity contribution in [2.24, 2.45) is 0 Å². The lowest BCUT2D eigenvalue weighted by atomic mass is 9.47. The van der Waals surface area contributed by atoms with Crippen LogP contribution in [0.4, 0.5) is 0 Å². The minimum atomic E-state index is -2.12. The molecule has 0 bridgehead atoms. The Hall–Kier alpha value is -3.22. The third-order valence-corrected chi connectivity index (χ3v) is 5.25. The standard InChI is InChI=1S/C25H19BO2.2C4H12N/c27-26(28)25(21-14-6-2-7-15-21,22-16-8-3-9-17-22)24-19-11-10-18-23(24)20-12-4-1-5-13-20;2*1-5(2,3)4/h1-19H;2*1-4H3/q-2;2*+1. The first-order valence-electron chi connectivity index (χ1n) is 12.9. The highest BCUT2D eigenvalue weighted by Crippen LogP contribution is 2.43. The van der Waals surface area contributed by atoms with Crippen LogP contribution in [-0.4, -0.2) is 72.5 Å². The molecular weight excluding hydrogens is 467 g/mol. The van der Waals surface area contributed by atoms with E-state index in [1.54, 1.807) is 0 Å². The summed E-state index contributed by atoms with van der Waals surface area (Å²) in [5.74, 6) is 0. The highest BCUT2D eigenvalue weighted by molar-refractivity contribution is 6.45. The predicted octanol–water partition coefficient (Wildman–Crippen LogP) is 4.08. The normalized spacial score (nSPS) is 11.4. The van der Waals surface area contributed by atoms with E-state index in [1.165, 1.54) is 0 Å². The maximum Gasteiger partial charge on any atom is 0.0675 e. The second-order valence-corrected chi connectivity index (χ2v) is 12.2. The minimum absolute atomic E-state index is 0.708. The summed E-state index contributed by atoms with van der Waals surface area (Å²) in [6.07, 6.45) is 0. The second kappa shape index (κ2) is 13.5. The fourth-order valence-corrected chi connectivity index (χ4v) is 3.98. The Kier molecular flexibility index (Phi) is 11.0. The van der Waals surface area contributed by atoms with Crippen LogP contribution in [0.5, 0.6) is 0 Å². The Bertz CT molecular complexity index is 1150. The molecule has 200 valence electrons. The summed E-state index contributed by atoms with van der Waals surface area (Å²) >= 11 is 0. The molecule has 0 unspecified atom stereocenters. The number of benzene rings is 4. The van der Waals surface area contributed by atoms with Gasteiger partial charge in [0.2, 0.25) is 0 Å². The van der Waals surface area contributed by atoms with Gasteiger partial charge in [0.25, 0.3) is 0 Å². The zero-order valence-corrected chi connectivity index (χ0v) is 24.3. The molecule has 0 saturated carbocycles. The lowest BCUT2D eigenvalue weighted by Crippen LogP contribution is -2.62. The largest absolute Gasteiger partial charge is 0.892 e. The van der Waals surface area contributed by atoms with E-state index in [4.69, 9.17) is 0 Å². The molecule has 0 N–H and O–H groups in total. The van der Waals surface area contributed by atoms with E-state index >= 15 is 0 Å². The molecule has 0 aliphatic heterocycles. The summed E-state index contributed by atoms with van der Waals surface area (Å²) in [4.78, 5) is 0.